The SMILES string of the molecule is CCn1cnnc1-c1cccc(NC(=O)c2cn(C)nc2OC)n1. The van der Waals surface area contributed by atoms with Crippen LogP contribution in [0, 0.1) is 0 Å². The van der Waals surface area contributed by atoms with Crippen molar-refractivity contribution in [1.29, 1.82) is 0 Å². The molecule has 3 aromatic heterocycles. The van der Waals surface area contributed by atoms with Crippen molar-refractivity contribution in [2.24, 2.45) is 7.05 Å². The Morgan fingerprint density at radius 2 is 2.21 bits per heavy atom. The first-order valence-corrected chi connectivity index (χ1v) is 7.36. The Morgan fingerprint density at radius 1 is 1.38 bits per heavy atom. The highest BCUT2D eigenvalue weighted by Gasteiger charge is 2.17. The number of hydrogen-bond acceptors (Lipinski definition) is 6. The second-order valence-electron chi connectivity index (χ2n) is 5.03. The van der Waals surface area contributed by atoms with E-state index in [9.17, 15) is 4.79 Å². The van der Waals surface area contributed by atoms with Gasteiger partial charge in [-0.05, 0) is 19.1 Å². The highest BCUT2D eigenvalue weighted by atomic mass is 16.5. The standard InChI is InChI=1S/C15H17N7O2/c1-4-22-9-16-19-13(22)11-6-5-7-12(17-11)18-14(23)10-8-21(2)20-15(10)24-3/h5-9H,4H2,1-3H3,(H,17,18,23). The lowest BCUT2D eigenvalue weighted by atomic mass is 10.3. The second-order valence-corrected chi connectivity index (χ2v) is 5.03. The number of ether oxygens (including phenoxy) is 1. The van der Waals surface area contributed by atoms with Gasteiger partial charge in [-0.2, -0.15) is 0 Å². The van der Waals surface area contributed by atoms with E-state index >= 15 is 0 Å². The number of nitrogens with one attached hydrogen (secondary N) is 1. The predicted molar refractivity (Wildman–Crippen MR) is 86.6 cm³/mol. The van der Waals surface area contributed by atoms with Gasteiger partial charge in [-0.1, -0.05) is 6.07 Å². The zero-order valence-electron chi connectivity index (χ0n) is 13.6. The lowest BCUT2D eigenvalue weighted by molar-refractivity contribution is 0.102. The predicted octanol–water partition coefficient (Wildman–Crippen LogP) is 1.35. The van der Waals surface area contributed by atoms with Gasteiger partial charge in [-0.3, -0.25) is 9.48 Å². The molecule has 0 aliphatic rings. The summed E-state index contributed by atoms with van der Waals surface area (Å²) in [6, 6.07) is 5.32. The Bertz CT molecular complexity index is 868. The van der Waals surface area contributed by atoms with Crippen molar-refractivity contribution in [3.8, 4) is 17.4 Å². The maximum atomic E-state index is 12.4. The van der Waals surface area contributed by atoms with Gasteiger partial charge in [0, 0.05) is 19.8 Å². The number of anilines is 1. The van der Waals surface area contributed by atoms with Crippen LogP contribution in [0.5, 0.6) is 5.88 Å². The number of carbonyl (C=O) groups excluding carboxylic acids is 1. The highest BCUT2D eigenvalue weighted by molar-refractivity contribution is 6.05. The Kier molecular flexibility index (Phi) is 4.23. The van der Waals surface area contributed by atoms with Crippen LogP contribution in [0.3, 0.4) is 0 Å². The van der Waals surface area contributed by atoms with Crippen LogP contribution in [0.2, 0.25) is 0 Å². The molecule has 3 heterocycles. The molecule has 0 atom stereocenters. The molecule has 9 heteroatoms. The Hall–Kier alpha value is -3.23. The maximum absolute atomic E-state index is 12.4. The number of methoxy groups -OCH3 is 1. The number of nitrogens with zero attached hydrogens (tertiary/aromatic N) is 6. The number of amides is 1. The topological polar surface area (TPSA) is 99.8 Å². The van der Waals surface area contributed by atoms with Crippen LogP contribution in [-0.4, -0.2) is 42.5 Å². The zero-order chi connectivity index (χ0) is 17.1. The summed E-state index contributed by atoms with van der Waals surface area (Å²) in [5, 5.41) is 14.8. The van der Waals surface area contributed by atoms with E-state index in [0.717, 1.165) is 6.54 Å². The first-order chi connectivity index (χ1) is 11.6. The molecule has 124 valence electrons. The van der Waals surface area contributed by atoms with Crippen molar-refractivity contribution >= 4 is 11.7 Å². The van der Waals surface area contributed by atoms with Crippen molar-refractivity contribution in [3.05, 3.63) is 36.3 Å². The molecule has 0 fully saturated rings. The van der Waals surface area contributed by atoms with Gasteiger partial charge in [0.15, 0.2) is 5.82 Å². The number of aryl methyl sites for hydroxylation is 2. The summed E-state index contributed by atoms with van der Waals surface area (Å²) < 4.78 is 8.49. The zero-order valence-corrected chi connectivity index (χ0v) is 13.6. The summed E-state index contributed by atoms with van der Waals surface area (Å²) in [5.74, 6) is 0.972. The number of aromatic nitrogens is 6. The van der Waals surface area contributed by atoms with Crippen molar-refractivity contribution < 1.29 is 9.53 Å². The molecule has 3 aromatic rings. The summed E-state index contributed by atoms with van der Waals surface area (Å²) >= 11 is 0. The fourth-order valence-electron chi connectivity index (χ4n) is 2.27. The summed E-state index contributed by atoms with van der Waals surface area (Å²) in [7, 11) is 3.19. The molecule has 0 radical (unpaired) electrons. The van der Waals surface area contributed by atoms with Crippen LogP contribution in [0.4, 0.5) is 5.82 Å². The molecular formula is C15H17N7O2. The quantitative estimate of drug-likeness (QED) is 0.759. The molecule has 0 spiro atoms. The fourth-order valence-corrected chi connectivity index (χ4v) is 2.27. The van der Waals surface area contributed by atoms with Crippen LogP contribution < -0.4 is 10.1 Å². The van der Waals surface area contributed by atoms with E-state index in [-0.39, 0.29) is 11.8 Å². The first-order valence-electron chi connectivity index (χ1n) is 7.36. The minimum Gasteiger partial charge on any atom is -0.479 e. The minimum absolute atomic E-state index is 0.261. The molecule has 0 aromatic carbocycles. The lowest BCUT2D eigenvalue weighted by Gasteiger charge is -2.07. The molecule has 0 bridgehead atoms. The molecule has 1 amide bonds. The first kappa shape index (κ1) is 15.7. The number of rotatable bonds is 5. The highest BCUT2D eigenvalue weighted by Crippen LogP contribution is 2.19. The molecule has 0 aliphatic heterocycles. The normalized spacial score (nSPS) is 10.6. The van der Waals surface area contributed by atoms with Gasteiger partial charge in [0.2, 0.25) is 5.88 Å². The van der Waals surface area contributed by atoms with Crippen molar-refractivity contribution in [2.75, 3.05) is 12.4 Å². The summed E-state index contributed by atoms with van der Waals surface area (Å²) in [5.41, 5.74) is 0.967. The van der Waals surface area contributed by atoms with E-state index < -0.39 is 0 Å². The average molecular weight is 327 g/mol. The number of pyridine rings is 1. The lowest BCUT2D eigenvalue weighted by Crippen LogP contribution is -2.13. The molecule has 0 unspecified atom stereocenters. The third-order valence-corrected chi connectivity index (χ3v) is 3.41. The summed E-state index contributed by atoms with van der Waals surface area (Å²) in [6.45, 7) is 2.72. The van der Waals surface area contributed by atoms with Gasteiger partial charge < -0.3 is 14.6 Å². The van der Waals surface area contributed by atoms with Crippen LogP contribution in [-0.2, 0) is 13.6 Å². The van der Waals surface area contributed by atoms with Crippen molar-refractivity contribution in [3.63, 3.8) is 0 Å². The number of hydrogen-bond donors (Lipinski definition) is 1. The van der Waals surface area contributed by atoms with Crippen LogP contribution in [0.15, 0.2) is 30.7 Å². The van der Waals surface area contributed by atoms with Gasteiger partial charge in [0.1, 0.15) is 23.4 Å². The van der Waals surface area contributed by atoms with E-state index in [1.807, 2.05) is 17.6 Å². The van der Waals surface area contributed by atoms with E-state index in [1.54, 1.807) is 31.7 Å². The fraction of sp³-hybridized carbons (Fsp3) is 0.267. The van der Waals surface area contributed by atoms with Gasteiger partial charge >= 0.3 is 0 Å². The average Bonchev–Trinajstić information content (AvgIpc) is 3.20. The molecule has 0 saturated heterocycles. The number of carbonyl (C=O) groups is 1. The second kappa shape index (κ2) is 6.49. The van der Waals surface area contributed by atoms with E-state index in [1.165, 1.54) is 11.8 Å². The molecule has 24 heavy (non-hydrogen) atoms. The molecular weight excluding hydrogens is 310 g/mol. The van der Waals surface area contributed by atoms with Crippen LogP contribution >= 0.6 is 0 Å². The smallest absolute Gasteiger partial charge is 0.263 e. The molecule has 1 N–H and O–H groups in total. The molecule has 9 nitrogen and oxygen atoms in total. The third-order valence-electron chi connectivity index (χ3n) is 3.41. The molecule has 0 saturated carbocycles. The molecule has 0 aliphatic carbocycles. The largest absolute Gasteiger partial charge is 0.479 e. The summed E-state index contributed by atoms with van der Waals surface area (Å²) in [6.07, 6.45) is 3.23. The van der Waals surface area contributed by atoms with Crippen LogP contribution in [0.1, 0.15) is 17.3 Å². The van der Waals surface area contributed by atoms with Gasteiger partial charge in [0.25, 0.3) is 5.91 Å². The van der Waals surface area contributed by atoms with Crippen molar-refractivity contribution in [1.82, 2.24) is 29.5 Å². The van der Waals surface area contributed by atoms with E-state index in [2.05, 4.69) is 25.6 Å². The van der Waals surface area contributed by atoms with Gasteiger partial charge in [0.05, 0.1) is 7.11 Å². The Balaban J connectivity index is 1.86. The van der Waals surface area contributed by atoms with Crippen LogP contribution in [0.25, 0.3) is 11.5 Å². The third kappa shape index (κ3) is 2.96. The van der Waals surface area contributed by atoms with Gasteiger partial charge in [-0.15, -0.1) is 15.3 Å². The minimum atomic E-state index is -0.346. The van der Waals surface area contributed by atoms with E-state index in [4.69, 9.17) is 4.74 Å². The van der Waals surface area contributed by atoms with Gasteiger partial charge in [-0.25, -0.2) is 4.98 Å². The Labute approximate surface area is 138 Å². The molecule has 3 rings (SSSR count). The Morgan fingerprint density at radius 3 is 2.96 bits per heavy atom. The van der Waals surface area contributed by atoms with E-state index in [0.29, 0.717) is 22.9 Å². The summed E-state index contributed by atoms with van der Waals surface area (Å²) in [4.78, 5) is 16.8. The maximum Gasteiger partial charge on any atom is 0.263 e. The monoisotopic (exact) mass is 327 g/mol. The van der Waals surface area contributed by atoms with Crippen molar-refractivity contribution in [2.45, 2.75) is 13.5 Å².